The third-order valence-corrected chi connectivity index (χ3v) is 5.23. The quantitative estimate of drug-likeness (QED) is 0.768. The molecule has 0 amide bonds. The molecule has 0 saturated carbocycles. The lowest BCUT2D eigenvalue weighted by Crippen LogP contribution is -2.39. The highest BCUT2D eigenvalue weighted by Crippen LogP contribution is 2.23. The molecule has 1 unspecified atom stereocenters. The maximum Gasteiger partial charge on any atom is 0.241 e. The summed E-state index contributed by atoms with van der Waals surface area (Å²) in [5.74, 6) is 0. The summed E-state index contributed by atoms with van der Waals surface area (Å²) in [7, 11) is 2.16. The average Bonchev–Trinajstić information content (AvgIpc) is 2.26. The molecule has 0 aliphatic rings. The number of benzene rings is 1. The van der Waals surface area contributed by atoms with Gasteiger partial charge in [-0.3, -0.25) is 0 Å². The molecule has 5 nitrogen and oxygen atoms in total. The van der Waals surface area contributed by atoms with Gasteiger partial charge in [-0.25, -0.2) is 13.1 Å². The van der Waals surface area contributed by atoms with Crippen molar-refractivity contribution in [2.24, 2.45) is 0 Å². The Morgan fingerprint density at radius 1 is 1.35 bits per heavy atom. The number of rotatable bonds is 7. The summed E-state index contributed by atoms with van der Waals surface area (Å²) in [6, 6.07) is 5.11. The van der Waals surface area contributed by atoms with Crippen molar-refractivity contribution in [3.63, 3.8) is 0 Å². The first kappa shape index (κ1) is 17.6. The Balaban J connectivity index is 2.92. The second-order valence-corrected chi connectivity index (χ2v) is 7.62. The molecule has 0 fully saturated rings. The lowest BCUT2D eigenvalue weighted by Gasteiger charge is -2.19. The highest BCUT2D eigenvalue weighted by molar-refractivity contribution is 9.10. The number of sulfonamides is 1. The van der Waals surface area contributed by atoms with Crippen molar-refractivity contribution in [1.82, 2.24) is 14.9 Å². The third kappa shape index (κ3) is 5.14. The van der Waals surface area contributed by atoms with Gasteiger partial charge in [0.05, 0.1) is 4.90 Å². The number of hydrogen-bond acceptors (Lipinski definition) is 4. The molecule has 114 valence electrons. The average molecular weight is 364 g/mol. The Morgan fingerprint density at radius 2 is 2.00 bits per heavy atom. The molecule has 0 aromatic heterocycles. The fourth-order valence-corrected chi connectivity index (χ4v) is 4.35. The molecule has 0 spiro atoms. The third-order valence-electron chi connectivity index (χ3n) is 2.66. The summed E-state index contributed by atoms with van der Waals surface area (Å²) in [5, 5.41) is 3.03. The zero-order valence-electron chi connectivity index (χ0n) is 12.3. The molecule has 0 aliphatic heterocycles. The van der Waals surface area contributed by atoms with Crippen LogP contribution in [-0.2, 0) is 16.6 Å². The molecule has 1 atom stereocenters. The summed E-state index contributed by atoms with van der Waals surface area (Å²) in [5.41, 5.74) is 1.03. The van der Waals surface area contributed by atoms with Crippen molar-refractivity contribution in [1.29, 1.82) is 0 Å². The predicted octanol–water partition coefficient (Wildman–Crippen LogP) is 1.40. The molecule has 1 aromatic carbocycles. The van der Waals surface area contributed by atoms with E-state index >= 15 is 0 Å². The van der Waals surface area contributed by atoms with Crippen molar-refractivity contribution in [3.8, 4) is 0 Å². The molecule has 0 aliphatic carbocycles. The molecular formula is C13H22BrN3O2S. The van der Waals surface area contributed by atoms with Crippen molar-refractivity contribution in [2.45, 2.75) is 24.4 Å². The minimum Gasteiger partial charge on any atom is -0.316 e. The van der Waals surface area contributed by atoms with Crippen LogP contribution in [0, 0.1) is 0 Å². The smallest absolute Gasteiger partial charge is 0.241 e. The van der Waals surface area contributed by atoms with Crippen LogP contribution in [-0.4, -0.2) is 47.0 Å². The Bertz CT molecular complexity index is 547. The minimum atomic E-state index is -3.51. The Labute approximate surface area is 129 Å². The van der Waals surface area contributed by atoms with Gasteiger partial charge in [0, 0.05) is 23.6 Å². The van der Waals surface area contributed by atoms with Crippen LogP contribution in [0.4, 0.5) is 0 Å². The van der Waals surface area contributed by atoms with E-state index in [1.165, 1.54) is 0 Å². The molecule has 0 bridgehead atoms. The van der Waals surface area contributed by atoms with Crippen molar-refractivity contribution >= 4 is 26.0 Å². The van der Waals surface area contributed by atoms with Crippen LogP contribution in [0.1, 0.15) is 12.5 Å². The van der Waals surface area contributed by atoms with Crippen LogP contribution in [0.25, 0.3) is 0 Å². The SMILES string of the molecule is CNCc1ccc(S(=O)(=O)NC(C)CN(C)C)c(Br)c1. The molecule has 1 rings (SSSR count). The molecule has 7 heteroatoms. The molecule has 20 heavy (non-hydrogen) atoms. The topological polar surface area (TPSA) is 61.4 Å². The summed E-state index contributed by atoms with van der Waals surface area (Å²) in [6.45, 7) is 3.19. The normalized spacial score (nSPS) is 13.7. The van der Waals surface area contributed by atoms with E-state index in [1.807, 2.05) is 45.1 Å². The van der Waals surface area contributed by atoms with Gasteiger partial charge in [0.15, 0.2) is 0 Å². The largest absolute Gasteiger partial charge is 0.316 e. The number of hydrogen-bond donors (Lipinski definition) is 2. The number of nitrogens with zero attached hydrogens (tertiary/aromatic N) is 1. The van der Waals surface area contributed by atoms with Crippen LogP contribution in [0.15, 0.2) is 27.6 Å². The van der Waals surface area contributed by atoms with Crippen LogP contribution in [0.5, 0.6) is 0 Å². The van der Waals surface area contributed by atoms with Crippen molar-refractivity contribution in [3.05, 3.63) is 28.2 Å². The first-order chi connectivity index (χ1) is 9.26. The van der Waals surface area contributed by atoms with Gasteiger partial charge < -0.3 is 10.2 Å². The van der Waals surface area contributed by atoms with Crippen molar-refractivity contribution < 1.29 is 8.42 Å². The fourth-order valence-electron chi connectivity index (χ4n) is 1.99. The second-order valence-electron chi connectivity index (χ2n) is 5.08. The van der Waals surface area contributed by atoms with E-state index in [1.54, 1.807) is 6.07 Å². The lowest BCUT2D eigenvalue weighted by atomic mass is 10.2. The van der Waals surface area contributed by atoms with Gasteiger partial charge in [-0.15, -0.1) is 0 Å². The van der Waals surface area contributed by atoms with Crippen molar-refractivity contribution in [2.75, 3.05) is 27.7 Å². The van der Waals surface area contributed by atoms with E-state index in [2.05, 4.69) is 26.0 Å². The van der Waals surface area contributed by atoms with Gasteiger partial charge in [0.1, 0.15) is 0 Å². The fraction of sp³-hybridized carbons (Fsp3) is 0.538. The summed E-state index contributed by atoms with van der Waals surface area (Å²) >= 11 is 3.34. The molecular weight excluding hydrogens is 342 g/mol. The zero-order valence-corrected chi connectivity index (χ0v) is 14.7. The van der Waals surface area contributed by atoms with Gasteiger partial charge >= 0.3 is 0 Å². The summed E-state index contributed by atoms with van der Waals surface area (Å²) < 4.78 is 27.9. The van der Waals surface area contributed by atoms with Crippen LogP contribution in [0.2, 0.25) is 0 Å². The maximum absolute atomic E-state index is 12.3. The Hall–Kier alpha value is -0.470. The van der Waals surface area contributed by atoms with E-state index < -0.39 is 10.0 Å². The molecule has 0 radical (unpaired) electrons. The first-order valence-corrected chi connectivity index (χ1v) is 8.64. The van der Waals surface area contributed by atoms with Gasteiger partial charge in [-0.05, 0) is 61.7 Å². The molecule has 0 saturated heterocycles. The van der Waals surface area contributed by atoms with E-state index in [0.29, 0.717) is 17.6 Å². The number of likely N-dealkylation sites (N-methyl/N-ethyl adjacent to an activating group) is 1. The Morgan fingerprint density at radius 3 is 2.50 bits per heavy atom. The standard InChI is InChI=1S/C13H22BrN3O2S/c1-10(9-17(3)4)16-20(18,19)13-6-5-11(8-15-2)7-12(13)14/h5-7,10,15-16H,8-9H2,1-4H3. The predicted molar refractivity (Wildman–Crippen MR) is 85.2 cm³/mol. The number of nitrogens with one attached hydrogen (secondary N) is 2. The highest BCUT2D eigenvalue weighted by Gasteiger charge is 2.20. The first-order valence-electron chi connectivity index (χ1n) is 6.36. The monoisotopic (exact) mass is 363 g/mol. The zero-order chi connectivity index (χ0) is 15.3. The minimum absolute atomic E-state index is 0.154. The van der Waals surface area contributed by atoms with Crippen LogP contribution in [0.3, 0.4) is 0 Å². The number of halogens is 1. The molecule has 2 N–H and O–H groups in total. The highest BCUT2D eigenvalue weighted by atomic mass is 79.9. The lowest BCUT2D eigenvalue weighted by molar-refractivity contribution is 0.370. The van der Waals surface area contributed by atoms with E-state index in [4.69, 9.17) is 0 Å². The van der Waals surface area contributed by atoms with Gasteiger partial charge in [-0.1, -0.05) is 6.07 Å². The van der Waals surface area contributed by atoms with E-state index in [-0.39, 0.29) is 10.9 Å². The second kappa shape index (κ2) is 7.51. The van der Waals surface area contributed by atoms with Crippen LogP contribution >= 0.6 is 15.9 Å². The van der Waals surface area contributed by atoms with Crippen LogP contribution < -0.4 is 10.0 Å². The van der Waals surface area contributed by atoms with E-state index in [9.17, 15) is 8.42 Å². The van der Waals surface area contributed by atoms with Gasteiger partial charge in [0.25, 0.3) is 0 Å². The van der Waals surface area contributed by atoms with E-state index in [0.717, 1.165) is 5.56 Å². The van der Waals surface area contributed by atoms with Gasteiger partial charge in [-0.2, -0.15) is 0 Å². The molecule has 1 aromatic rings. The Kier molecular flexibility index (Phi) is 6.60. The maximum atomic E-state index is 12.3. The molecule has 0 heterocycles. The van der Waals surface area contributed by atoms with Gasteiger partial charge in [0.2, 0.25) is 10.0 Å². The summed E-state index contributed by atoms with van der Waals surface area (Å²) in [4.78, 5) is 2.21. The summed E-state index contributed by atoms with van der Waals surface area (Å²) in [6.07, 6.45) is 0.